The van der Waals surface area contributed by atoms with Crippen LogP contribution in [0, 0.1) is 17.1 Å². The van der Waals surface area contributed by atoms with Crippen LogP contribution >= 0.6 is 11.3 Å². The highest BCUT2D eigenvalue weighted by Gasteiger charge is 2.22. The molecule has 6 nitrogen and oxygen atoms in total. The quantitative estimate of drug-likeness (QED) is 0.917. The van der Waals surface area contributed by atoms with E-state index >= 15 is 0 Å². The summed E-state index contributed by atoms with van der Waals surface area (Å²) in [6, 6.07) is 4.90. The first-order valence-corrected chi connectivity index (χ1v) is 6.88. The molecule has 0 bridgehead atoms. The molecule has 0 aliphatic rings. The average molecular weight is 284 g/mol. The lowest BCUT2D eigenvalue weighted by Gasteiger charge is -2.06. The minimum absolute atomic E-state index is 0.0446. The van der Waals surface area contributed by atoms with Crippen LogP contribution in [0.2, 0.25) is 0 Å². The zero-order valence-corrected chi connectivity index (χ0v) is 10.3. The van der Waals surface area contributed by atoms with E-state index in [-0.39, 0.29) is 5.13 Å². The van der Waals surface area contributed by atoms with Crippen molar-refractivity contribution in [2.24, 2.45) is 0 Å². The van der Waals surface area contributed by atoms with Crippen LogP contribution in [0.25, 0.3) is 0 Å². The van der Waals surface area contributed by atoms with Gasteiger partial charge in [-0.15, -0.1) is 10.2 Å². The Kier molecular flexibility index (Phi) is 3.22. The topological polar surface area (TPSA) is 95.7 Å². The van der Waals surface area contributed by atoms with Crippen LogP contribution in [0.1, 0.15) is 5.56 Å². The van der Waals surface area contributed by atoms with Crippen LogP contribution in [0.3, 0.4) is 0 Å². The molecule has 0 unspecified atom stereocenters. The Hall–Kier alpha value is -2.05. The van der Waals surface area contributed by atoms with Gasteiger partial charge in [0.1, 0.15) is 27.9 Å². The molecule has 0 aliphatic heterocycles. The Morgan fingerprint density at radius 3 is 2.83 bits per heavy atom. The summed E-state index contributed by atoms with van der Waals surface area (Å²) in [5.74, 6) is -0.891. The Balaban J connectivity index is 2.49. The van der Waals surface area contributed by atoms with Crippen molar-refractivity contribution in [3.8, 4) is 6.07 Å². The second-order valence-corrected chi connectivity index (χ2v) is 5.56. The molecule has 0 fully saturated rings. The van der Waals surface area contributed by atoms with E-state index in [1.807, 2.05) is 0 Å². The molecule has 92 valence electrons. The second-order valence-electron chi connectivity index (χ2n) is 3.07. The van der Waals surface area contributed by atoms with E-state index in [2.05, 4.69) is 14.9 Å². The maximum absolute atomic E-state index is 13.3. The van der Waals surface area contributed by atoms with Crippen molar-refractivity contribution in [1.82, 2.24) is 10.2 Å². The first-order valence-electron chi connectivity index (χ1n) is 4.52. The number of anilines is 1. The van der Waals surface area contributed by atoms with Crippen molar-refractivity contribution >= 4 is 26.5 Å². The van der Waals surface area contributed by atoms with Gasteiger partial charge in [-0.1, -0.05) is 17.4 Å². The third-order valence-corrected chi connectivity index (χ3v) is 4.08. The molecule has 9 heteroatoms. The first kappa shape index (κ1) is 12.4. The van der Waals surface area contributed by atoms with Gasteiger partial charge >= 0.3 is 0 Å². The maximum atomic E-state index is 13.3. The molecule has 1 heterocycles. The van der Waals surface area contributed by atoms with Gasteiger partial charge in [-0.2, -0.15) is 5.26 Å². The molecule has 0 radical (unpaired) electrons. The number of hydrogen-bond acceptors (Lipinski definition) is 6. The van der Waals surface area contributed by atoms with Crippen molar-refractivity contribution < 1.29 is 12.8 Å². The minimum atomic E-state index is -4.05. The van der Waals surface area contributed by atoms with Crippen molar-refractivity contribution in [1.29, 1.82) is 5.26 Å². The van der Waals surface area contributed by atoms with E-state index in [4.69, 9.17) is 5.26 Å². The fourth-order valence-electron chi connectivity index (χ4n) is 1.22. The molecule has 1 aromatic heterocycles. The van der Waals surface area contributed by atoms with Gasteiger partial charge in [0.2, 0.25) is 5.13 Å². The monoisotopic (exact) mass is 284 g/mol. The summed E-state index contributed by atoms with van der Waals surface area (Å²) in [6.07, 6.45) is 0. The molecule has 1 N–H and O–H groups in total. The third-order valence-electron chi connectivity index (χ3n) is 1.96. The normalized spacial score (nSPS) is 10.9. The number of nitrogens with one attached hydrogen (secondary N) is 1. The number of nitriles is 1. The molecule has 0 saturated carbocycles. The number of hydrogen-bond donors (Lipinski definition) is 1. The fraction of sp³-hybridized carbons (Fsp3) is 0. The molecular weight excluding hydrogens is 279 g/mol. The SMILES string of the molecule is N#Cc1c(F)cccc1S(=O)(=O)Nc1nncs1. The second kappa shape index (κ2) is 4.67. The Morgan fingerprint density at radius 2 is 2.22 bits per heavy atom. The summed E-state index contributed by atoms with van der Waals surface area (Å²) in [5, 5.41) is 15.8. The molecule has 18 heavy (non-hydrogen) atoms. The highest BCUT2D eigenvalue weighted by Crippen LogP contribution is 2.21. The van der Waals surface area contributed by atoms with Crippen molar-refractivity contribution in [3.63, 3.8) is 0 Å². The smallest absolute Gasteiger partial charge is 0.253 e. The van der Waals surface area contributed by atoms with E-state index in [0.29, 0.717) is 0 Å². The van der Waals surface area contributed by atoms with Crippen LogP contribution in [0.4, 0.5) is 9.52 Å². The van der Waals surface area contributed by atoms with E-state index in [1.54, 1.807) is 0 Å². The van der Waals surface area contributed by atoms with Crippen LogP contribution in [-0.2, 0) is 10.0 Å². The summed E-state index contributed by atoms with van der Waals surface area (Å²) in [5.41, 5.74) is 0.809. The zero-order chi connectivity index (χ0) is 13.2. The predicted molar refractivity (Wildman–Crippen MR) is 61.8 cm³/mol. The summed E-state index contributed by atoms with van der Waals surface area (Å²) >= 11 is 0.973. The average Bonchev–Trinajstić information content (AvgIpc) is 2.80. The van der Waals surface area contributed by atoms with E-state index in [9.17, 15) is 12.8 Å². The first-order chi connectivity index (χ1) is 8.54. The molecule has 1 aromatic carbocycles. The number of rotatable bonds is 3. The van der Waals surface area contributed by atoms with Crippen molar-refractivity contribution in [3.05, 3.63) is 35.1 Å². The number of benzene rings is 1. The molecule has 2 aromatic rings. The lowest BCUT2D eigenvalue weighted by molar-refractivity contribution is 0.593. The largest absolute Gasteiger partial charge is 0.265 e. The third kappa shape index (κ3) is 2.29. The Labute approximate surface area is 106 Å². The summed E-state index contributed by atoms with van der Waals surface area (Å²) in [7, 11) is -4.05. The molecular formula is C9H5FN4O2S2. The summed E-state index contributed by atoms with van der Waals surface area (Å²) in [4.78, 5) is -0.430. The molecule has 0 atom stereocenters. The Bertz CT molecular complexity index is 707. The van der Waals surface area contributed by atoms with Gasteiger partial charge in [-0.05, 0) is 12.1 Å². The van der Waals surface area contributed by atoms with Crippen LogP contribution in [0.5, 0.6) is 0 Å². The van der Waals surface area contributed by atoms with Gasteiger partial charge in [0.25, 0.3) is 10.0 Å². The highest BCUT2D eigenvalue weighted by atomic mass is 32.2. The molecule has 0 spiro atoms. The predicted octanol–water partition coefficient (Wildman–Crippen LogP) is 1.35. The van der Waals surface area contributed by atoms with Crippen molar-refractivity contribution in [2.75, 3.05) is 4.72 Å². The van der Waals surface area contributed by atoms with Crippen LogP contribution in [0.15, 0.2) is 28.6 Å². The molecule has 0 amide bonds. The van der Waals surface area contributed by atoms with Gasteiger partial charge in [-0.3, -0.25) is 4.72 Å². The van der Waals surface area contributed by atoms with E-state index < -0.39 is 26.3 Å². The summed E-state index contributed by atoms with van der Waals surface area (Å²) < 4.78 is 39.3. The van der Waals surface area contributed by atoms with E-state index in [0.717, 1.165) is 23.5 Å². The van der Waals surface area contributed by atoms with Gasteiger partial charge in [0.05, 0.1) is 0 Å². The van der Waals surface area contributed by atoms with Gasteiger partial charge in [-0.25, -0.2) is 12.8 Å². The lowest BCUT2D eigenvalue weighted by Crippen LogP contribution is -2.15. The lowest BCUT2D eigenvalue weighted by atomic mass is 10.2. The summed E-state index contributed by atoms with van der Waals surface area (Å²) in [6.45, 7) is 0. The van der Waals surface area contributed by atoms with Gasteiger partial charge in [0.15, 0.2) is 0 Å². The molecule has 2 rings (SSSR count). The maximum Gasteiger partial charge on any atom is 0.265 e. The van der Waals surface area contributed by atoms with Crippen molar-refractivity contribution in [2.45, 2.75) is 4.90 Å². The number of aromatic nitrogens is 2. The number of sulfonamides is 1. The zero-order valence-electron chi connectivity index (χ0n) is 8.66. The molecule has 0 saturated heterocycles. The number of halogens is 1. The Morgan fingerprint density at radius 1 is 1.44 bits per heavy atom. The minimum Gasteiger partial charge on any atom is -0.253 e. The van der Waals surface area contributed by atoms with Gasteiger partial charge in [0, 0.05) is 0 Å². The molecule has 0 aliphatic carbocycles. The van der Waals surface area contributed by atoms with E-state index in [1.165, 1.54) is 17.6 Å². The standard InChI is InChI=1S/C9H5FN4O2S2/c10-7-2-1-3-8(6(7)4-11)18(15,16)14-9-13-12-5-17-9/h1-3,5H,(H,13,14). The van der Waals surface area contributed by atoms with Crippen LogP contribution < -0.4 is 4.72 Å². The highest BCUT2D eigenvalue weighted by molar-refractivity contribution is 7.93. The van der Waals surface area contributed by atoms with Gasteiger partial charge < -0.3 is 0 Å². The van der Waals surface area contributed by atoms with Crippen LogP contribution in [-0.4, -0.2) is 18.6 Å². The number of nitrogens with zero attached hydrogens (tertiary/aromatic N) is 3. The fourth-order valence-corrected chi connectivity index (χ4v) is 3.08.